The van der Waals surface area contributed by atoms with Crippen LogP contribution in [-0.2, 0) is 4.79 Å². The molecule has 1 aromatic carbocycles. The quantitative estimate of drug-likeness (QED) is 0.504. The SMILES string of the molecule is COc1ccc(OC)c(N2CC(c3noc(-c4cc(-c5ccco5)n[nH]4)n3)CC2=O)c1. The number of nitrogens with zero attached hydrogens (tertiary/aromatic N) is 4. The maximum absolute atomic E-state index is 12.8. The summed E-state index contributed by atoms with van der Waals surface area (Å²) >= 11 is 0. The number of anilines is 1. The first-order valence-corrected chi connectivity index (χ1v) is 9.62. The molecule has 1 atom stereocenters. The fourth-order valence-electron chi connectivity index (χ4n) is 3.61. The highest BCUT2D eigenvalue weighted by Gasteiger charge is 2.36. The highest BCUT2D eigenvalue weighted by Crippen LogP contribution is 2.38. The molecule has 10 nitrogen and oxygen atoms in total. The van der Waals surface area contributed by atoms with E-state index in [1.807, 2.05) is 6.07 Å². The van der Waals surface area contributed by atoms with E-state index in [-0.39, 0.29) is 18.2 Å². The minimum Gasteiger partial charge on any atom is -0.497 e. The topological polar surface area (TPSA) is 120 Å². The first kappa shape index (κ1) is 18.9. The van der Waals surface area contributed by atoms with E-state index < -0.39 is 0 Å². The van der Waals surface area contributed by atoms with E-state index in [0.29, 0.717) is 52.6 Å². The molecule has 1 unspecified atom stereocenters. The lowest BCUT2D eigenvalue weighted by Gasteiger charge is -2.20. The summed E-state index contributed by atoms with van der Waals surface area (Å²) in [5.41, 5.74) is 1.85. The Balaban J connectivity index is 1.37. The second-order valence-corrected chi connectivity index (χ2v) is 7.05. The van der Waals surface area contributed by atoms with Gasteiger partial charge in [-0.2, -0.15) is 10.1 Å². The molecule has 3 aromatic heterocycles. The molecule has 1 fully saturated rings. The van der Waals surface area contributed by atoms with Crippen LogP contribution in [0, 0.1) is 0 Å². The number of aromatic nitrogens is 4. The second kappa shape index (κ2) is 7.63. The number of ether oxygens (including phenoxy) is 2. The summed E-state index contributed by atoms with van der Waals surface area (Å²) in [6, 6.07) is 10.7. The Bertz CT molecular complexity index is 1210. The third-order valence-corrected chi connectivity index (χ3v) is 5.19. The molecule has 0 saturated carbocycles. The lowest BCUT2D eigenvalue weighted by Crippen LogP contribution is -2.25. The average Bonchev–Trinajstić information content (AvgIpc) is 3.58. The zero-order valence-corrected chi connectivity index (χ0v) is 16.9. The third-order valence-electron chi connectivity index (χ3n) is 5.19. The number of aromatic amines is 1. The predicted molar refractivity (Wildman–Crippen MR) is 109 cm³/mol. The summed E-state index contributed by atoms with van der Waals surface area (Å²) in [5.74, 6) is 2.35. The molecule has 4 aromatic rings. The van der Waals surface area contributed by atoms with Crippen LogP contribution in [0.25, 0.3) is 23.0 Å². The fraction of sp³-hybridized carbons (Fsp3) is 0.238. The van der Waals surface area contributed by atoms with Gasteiger partial charge in [-0.25, -0.2) is 0 Å². The Morgan fingerprint density at radius 3 is 2.87 bits per heavy atom. The number of methoxy groups -OCH3 is 2. The Morgan fingerprint density at radius 2 is 2.10 bits per heavy atom. The maximum atomic E-state index is 12.8. The number of hydrogen-bond donors (Lipinski definition) is 1. The van der Waals surface area contributed by atoms with E-state index in [1.54, 1.807) is 55.7 Å². The third kappa shape index (κ3) is 3.41. The smallest absolute Gasteiger partial charge is 0.275 e. The van der Waals surface area contributed by atoms with Crippen LogP contribution in [0.3, 0.4) is 0 Å². The minimum atomic E-state index is -0.214. The van der Waals surface area contributed by atoms with Crippen molar-refractivity contribution in [3.05, 3.63) is 48.5 Å². The van der Waals surface area contributed by atoms with Crippen molar-refractivity contribution in [1.82, 2.24) is 20.3 Å². The van der Waals surface area contributed by atoms with Gasteiger partial charge in [0, 0.05) is 31.0 Å². The fourth-order valence-corrected chi connectivity index (χ4v) is 3.61. The van der Waals surface area contributed by atoms with Crippen LogP contribution >= 0.6 is 0 Å². The van der Waals surface area contributed by atoms with Crippen LogP contribution in [0.4, 0.5) is 5.69 Å². The molecule has 31 heavy (non-hydrogen) atoms. The average molecular weight is 421 g/mol. The Morgan fingerprint density at radius 1 is 1.19 bits per heavy atom. The molecule has 158 valence electrons. The molecule has 10 heteroatoms. The summed E-state index contributed by atoms with van der Waals surface area (Å²) in [4.78, 5) is 18.9. The lowest BCUT2D eigenvalue weighted by molar-refractivity contribution is -0.117. The monoisotopic (exact) mass is 421 g/mol. The van der Waals surface area contributed by atoms with Gasteiger partial charge < -0.3 is 23.3 Å². The molecule has 1 amide bonds. The van der Waals surface area contributed by atoms with Crippen LogP contribution in [0.15, 0.2) is 51.6 Å². The Labute approximate surface area is 176 Å². The summed E-state index contributed by atoms with van der Waals surface area (Å²) < 4.78 is 21.5. The lowest BCUT2D eigenvalue weighted by atomic mass is 10.1. The molecule has 0 aliphatic carbocycles. The van der Waals surface area contributed by atoms with Gasteiger partial charge in [0.2, 0.25) is 5.91 Å². The zero-order valence-electron chi connectivity index (χ0n) is 16.9. The molecule has 1 saturated heterocycles. The number of carbonyl (C=O) groups is 1. The maximum Gasteiger partial charge on any atom is 0.275 e. The van der Waals surface area contributed by atoms with Crippen LogP contribution in [0.5, 0.6) is 11.5 Å². The van der Waals surface area contributed by atoms with Crippen LogP contribution in [0.1, 0.15) is 18.2 Å². The van der Waals surface area contributed by atoms with Gasteiger partial charge in [0.1, 0.15) is 22.9 Å². The van der Waals surface area contributed by atoms with E-state index in [1.165, 1.54) is 0 Å². The number of nitrogens with one attached hydrogen (secondary N) is 1. The largest absolute Gasteiger partial charge is 0.497 e. The Hall–Kier alpha value is -4.08. The van der Waals surface area contributed by atoms with Gasteiger partial charge in [-0.1, -0.05) is 5.16 Å². The van der Waals surface area contributed by atoms with Crippen LogP contribution in [-0.4, -0.2) is 47.0 Å². The van der Waals surface area contributed by atoms with Crippen molar-refractivity contribution in [2.24, 2.45) is 0 Å². The molecule has 5 rings (SSSR count). The number of H-pyrrole nitrogens is 1. The van der Waals surface area contributed by atoms with Gasteiger partial charge in [-0.15, -0.1) is 0 Å². The van der Waals surface area contributed by atoms with Gasteiger partial charge in [-0.3, -0.25) is 9.89 Å². The standard InChI is InChI=1S/C21H19N5O5/c1-28-13-5-6-18(29-2)16(9-13)26-11-12(8-19(26)27)20-22-21(31-25-20)15-10-14(23-24-15)17-4-3-7-30-17/h3-7,9-10,12H,8,11H2,1-2H3,(H,23,24). The number of benzene rings is 1. The van der Waals surface area contributed by atoms with Crippen LogP contribution in [0.2, 0.25) is 0 Å². The second-order valence-electron chi connectivity index (χ2n) is 7.05. The van der Waals surface area contributed by atoms with Gasteiger partial charge in [0.25, 0.3) is 5.89 Å². The molecule has 1 aliphatic heterocycles. The van der Waals surface area contributed by atoms with Crippen molar-refractivity contribution in [3.8, 4) is 34.5 Å². The number of furan rings is 1. The van der Waals surface area contributed by atoms with Gasteiger partial charge in [-0.05, 0) is 24.3 Å². The van der Waals surface area contributed by atoms with E-state index in [4.69, 9.17) is 18.4 Å². The van der Waals surface area contributed by atoms with Gasteiger partial charge in [0.05, 0.1) is 26.2 Å². The van der Waals surface area contributed by atoms with Crippen molar-refractivity contribution < 1.29 is 23.2 Å². The summed E-state index contributed by atoms with van der Waals surface area (Å²) in [6.45, 7) is 0.405. The first-order valence-electron chi connectivity index (χ1n) is 9.62. The zero-order chi connectivity index (χ0) is 21.4. The summed E-state index contributed by atoms with van der Waals surface area (Å²) in [7, 11) is 3.14. The number of carbonyl (C=O) groups excluding carboxylic acids is 1. The Kier molecular flexibility index (Phi) is 4.66. The van der Waals surface area contributed by atoms with Gasteiger partial charge in [0.15, 0.2) is 11.6 Å². The van der Waals surface area contributed by atoms with Crippen molar-refractivity contribution in [3.63, 3.8) is 0 Å². The summed E-state index contributed by atoms with van der Waals surface area (Å²) in [5, 5.41) is 11.2. The van der Waals surface area contributed by atoms with Crippen molar-refractivity contribution in [2.45, 2.75) is 12.3 Å². The molecular formula is C21H19N5O5. The predicted octanol–water partition coefficient (Wildman–Crippen LogP) is 3.26. The van der Waals surface area contributed by atoms with Crippen molar-refractivity contribution >= 4 is 11.6 Å². The summed E-state index contributed by atoms with van der Waals surface area (Å²) in [6.07, 6.45) is 1.84. The minimum absolute atomic E-state index is 0.0513. The number of rotatable bonds is 6. The molecule has 1 aliphatic rings. The van der Waals surface area contributed by atoms with Crippen LogP contribution < -0.4 is 14.4 Å². The van der Waals surface area contributed by atoms with E-state index in [2.05, 4.69) is 20.3 Å². The molecule has 0 bridgehead atoms. The normalized spacial score (nSPS) is 16.1. The van der Waals surface area contributed by atoms with Gasteiger partial charge >= 0.3 is 0 Å². The highest BCUT2D eigenvalue weighted by atomic mass is 16.5. The van der Waals surface area contributed by atoms with Crippen molar-refractivity contribution in [1.29, 1.82) is 0 Å². The molecule has 0 spiro atoms. The molecule has 4 heterocycles. The molecule has 1 N–H and O–H groups in total. The molecular weight excluding hydrogens is 402 g/mol. The van der Waals surface area contributed by atoms with Crippen molar-refractivity contribution in [2.75, 3.05) is 25.7 Å². The number of hydrogen-bond acceptors (Lipinski definition) is 8. The van der Waals surface area contributed by atoms with E-state index in [0.717, 1.165) is 0 Å². The van der Waals surface area contributed by atoms with E-state index in [9.17, 15) is 4.79 Å². The first-order chi connectivity index (χ1) is 15.2. The molecule has 0 radical (unpaired) electrons. The number of amides is 1. The van der Waals surface area contributed by atoms with E-state index >= 15 is 0 Å². The highest BCUT2D eigenvalue weighted by molar-refractivity contribution is 5.98.